The van der Waals surface area contributed by atoms with Crippen LogP contribution in [0.5, 0.6) is 5.75 Å². The van der Waals surface area contributed by atoms with Crippen molar-refractivity contribution in [2.45, 2.75) is 30.6 Å². The quantitative estimate of drug-likeness (QED) is 0.305. The first kappa shape index (κ1) is 26.1. The predicted molar refractivity (Wildman–Crippen MR) is 145 cm³/mol. The molecule has 1 amide bonds. The number of aliphatic hydroxyl groups excluding tert-OH is 2. The lowest BCUT2D eigenvalue weighted by Gasteiger charge is -2.53. The van der Waals surface area contributed by atoms with Crippen molar-refractivity contribution in [3.63, 3.8) is 0 Å². The van der Waals surface area contributed by atoms with E-state index in [1.165, 1.54) is 6.07 Å². The Hall–Kier alpha value is -4.12. The van der Waals surface area contributed by atoms with Crippen molar-refractivity contribution >= 4 is 34.1 Å². The molecule has 3 aliphatic rings. The van der Waals surface area contributed by atoms with Crippen molar-refractivity contribution in [1.29, 1.82) is 0 Å². The molecule has 10 heteroatoms. The van der Waals surface area contributed by atoms with Crippen LogP contribution in [-0.4, -0.2) is 79.6 Å². The minimum absolute atomic E-state index is 0.0474. The minimum Gasteiger partial charge on any atom is -0.507 e. The molecule has 2 aromatic carbocycles. The number of phenolic OH excluding ortho intramolecular Hbond substituents is 1. The maximum atomic E-state index is 14.0. The first-order valence-electron chi connectivity index (χ1n) is 13.1. The lowest BCUT2D eigenvalue weighted by Crippen LogP contribution is -2.73. The lowest BCUT2D eigenvalue weighted by atomic mass is 9.54. The fraction of sp³-hybridized carbons (Fsp3) is 0.333. The van der Waals surface area contributed by atoms with Crippen molar-refractivity contribution in [2.24, 2.45) is 23.5 Å². The van der Waals surface area contributed by atoms with Crippen LogP contribution in [0.25, 0.3) is 27.8 Å². The number of aromatic hydroxyl groups is 1. The number of likely N-dealkylation sites (N-methyl/N-ethyl adjacent to an activating group) is 1. The van der Waals surface area contributed by atoms with Gasteiger partial charge in [-0.25, -0.2) is 0 Å². The molecular weight excluding hydrogens is 514 g/mol. The van der Waals surface area contributed by atoms with Gasteiger partial charge in [-0.15, -0.1) is 0 Å². The number of hydrogen-bond donors (Lipinski definition) is 5. The molecule has 6 rings (SSSR count). The molecule has 2 saturated carbocycles. The normalized spacial score (nSPS) is 29.8. The Morgan fingerprint density at radius 3 is 2.55 bits per heavy atom. The fourth-order valence-electron chi connectivity index (χ4n) is 7.09. The van der Waals surface area contributed by atoms with Crippen LogP contribution < -0.4 is 5.73 Å². The van der Waals surface area contributed by atoms with Gasteiger partial charge in [-0.05, 0) is 62.2 Å². The smallest absolute Gasteiger partial charge is 0.230 e. The van der Waals surface area contributed by atoms with Crippen molar-refractivity contribution in [3.05, 3.63) is 65.4 Å². The summed E-state index contributed by atoms with van der Waals surface area (Å²) in [5.41, 5.74) is 5.49. The number of fused-ring (bicyclic) bond motifs is 4. The number of ketones is 2. The molecule has 2 unspecified atom stereocenters. The Morgan fingerprint density at radius 1 is 1.12 bits per heavy atom. The van der Waals surface area contributed by atoms with E-state index >= 15 is 0 Å². The van der Waals surface area contributed by atoms with Gasteiger partial charge in [-0.3, -0.25) is 19.4 Å². The summed E-state index contributed by atoms with van der Waals surface area (Å²) in [4.78, 5) is 45.7. The lowest BCUT2D eigenvalue weighted by molar-refractivity contribution is -0.184. The molecular formula is C30H29N3O7. The molecule has 3 aliphatic carbocycles. The third-order valence-electron chi connectivity index (χ3n) is 8.87. The van der Waals surface area contributed by atoms with E-state index in [4.69, 9.17) is 5.73 Å². The third-order valence-corrected chi connectivity index (χ3v) is 8.87. The number of Topliss-reactive ketones (excluding diaryl/α,β-unsaturated/α-hetero) is 2. The number of aromatic nitrogens is 1. The number of nitrogens with two attached hydrogens (primary N) is 1. The molecule has 0 bridgehead atoms. The van der Waals surface area contributed by atoms with E-state index in [-0.39, 0.29) is 29.7 Å². The summed E-state index contributed by atoms with van der Waals surface area (Å²) in [6.07, 6.45) is 0.450. The van der Waals surface area contributed by atoms with Crippen molar-refractivity contribution < 1.29 is 34.8 Å². The highest BCUT2D eigenvalue weighted by Gasteiger charge is 2.67. The number of carbonyl (C=O) groups is 3. The monoisotopic (exact) mass is 543 g/mol. The van der Waals surface area contributed by atoms with E-state index in [2.05, 4.69) is 4.98 Å². The molecule has 6 N–H and O–H groups in total. The number of phenols is 1. The van der Waals surface area contributed by atoms with Crippen LogP contribution in [0, 0.1) is 17.8 Å². The summed E-state index contributed by atoms with van der Waals surface area (Å²) in [5.74, 6) is -7.64. The molecule has 0 spiro atoms. The Balaban J connectivity index is 1.53. The molecule has 40 heavy (non-hydrogen) atoms. The second-order valence-electron chi connectivity index (χ2n) is 11.2. The van der Waals surface area contributed by atoms with E-state index in [0.29, 0.717) is 11.1 Å². The van der Waals surface area contributed by atoms with E-state index in [0.717, 1.165) is 16.5 Å². The van der Waals surface area contributed by atoms with E-state index in [9.17, 15) is 34.8 Å². The minimum atomic E-state index is -2.68. The van der Waals surface area contributed by atoms with E-state index in [1.54, 1.807) is 31.3 Å². The van der Waals surface area contributed by atoms with Gasteiger partial charge in [-0.2, -0.15) is 0 Å². The zero-order chi connectivity index (χ0) is 28.7. The van der Waals surface area contributed by atoms with Gasteiger partial charge in [0, 0.05) is 34.7 Å². The van der Waals surface area contributed by atoms with Crippen molar-refractivity contribution in [1.82, 2.24) is 9.88 Å². The average Bonchev–Trinajstić information content (AvgIpc) is 2.90. The number of nitrogens with zero attached hydrogens (tertiary/aromatic N) is 2. The largest absolute Gasteiger partial charge is 0.507 e. The van der Waals surface area contributed by atoms with Crippen LogP contribution in [0.2, 0.25) is 0 Å². The first-order chi connectivity index (χ1) is 19.0. The molecule has 6 atom stereocenters. The Morgan fingerprint density at radius 2 is 1.85 bits per heavy atom. The molecule has 2 fully saturated rings. The standard InChI is InChI=1S/C30H29N3O7/c1-33(2)24-18-11-14-10-17-16(15-9-13-5-3-4-6-19(13)32-12-15)7-8-20(34)22(17)25(35)21(14)27(37)30(18,40)28(38)23(26(24)36)29(31)39/h3-9,12,14,18,23-24,26,34-36,40H,10-11H2,1-2H3,(H2,31,39)/t14-,18-,23?,24-,26?,30-/m0/s1. The highest BCUT2D eigenvalue weighted by molar-refractivity contribution is 6.25. The second kappa shape index (κ2) is 8.95. The number of primary amides is 1. The van der Waals surface area contributed by atoms with Crippen molar-refractivity contribution in [3.8, 4) is 16.9 Å². The van der Waals surface area contributed by atoms with Crippen LogP contribution in [0.15, 0.2) is 54.2 Å². The summed E-state index contributed by atoms with van der Waals surface area (Å²) in [7, 11) is 3.24. The Labute approximate surface area is 229 Å². The molecule has 10 nitrogen and oxygen atoms in total. The Bertz CT molecular complexity index is 1650. The van der Waals surface area contributed by atoms with Crippen LogP contribution in [0.3, 0.4) is 0 Å². The zero-order valence-corrected chi connectivity index (χ0v) is 21.9. The summed E-state index contributed by atoms with van der Waals surface area (Å²) in [6, 6.07) is 11.8. The summed E-state index contributed by atoms with van der Waals surface area (Å²) < 4.78 is 0. The second-order valence-corrected chi connectivity index (χ2v) is 11.2. The highest BCUT2D eigenvalue weighted by Crippen LogP contribution is 2.53. The topological polar surface area (TPSA) is 174 Å². The fourth-order valence-corrected chi connectivity index (χ4v) is 7.09. The summed E-state index contributed by atoms with van der Waals surface area (Å²) in [5, 5.41) is 45.9. The van der Waals surface area contributed by atoms with Crippen molar-refractivity contribution in [2.75, 3.05) is 14.1 Å². The third kappa shape index (κ3) is 3.46. The van der Waals surface area contributed by atoms with Gasteiger partial charge in [0.2, 0.25) is 11.7 Å². The van der Waals surface area contributed by atoms with Gasteiger partial charge < -0.3 is 31.1 Å². The highest BCUT2D eigenvalue weighted by atomic mass is 16.3. The molecule has 0 aliphatic heterocycles. The molecule has 1 heterocycles. The number of amides is 1. The molecule has 206 valence electrons. The number of aliphatic hydroxyl groups is 3. The van der Waals surface area contributed by atoms with E-state index in [1.807, 2.05) is 30.3 Å². The van der Waals surface area contributed by atoms with Gasteiger partial charge in [0.05, 0.1) is 17.2 Å². The summed E-state index contributed by atoms with van der Waals surface area (Å²) >= 11 is 0. The summed E-state index contributed by atoms with van der Waals surface area (Å²) in [6.45, 7) is 0. The number of pyridine rings is 1. The maximum absolute atomic E-state index is 14.0. The van der Waals surface area contributed by atoms with Gasteiger partial charge in [-0.1, -0.05) is 24.3 Å². The number of hydrogen-bond acceptors (Lipinski definition) is 9. The predicted octanol–water partition coefficient (Wildman–Crippen LogP) is 1.34. The van der Waals surface area contributed by atoms with Gasteiger partial charge in [0.15, 0.2) is 11.4 Å². The maximum Gasteiger partial charge on any atom is 0.230 e. The molecule has 3 aromatic rings. The van der Waals surface area contributed by atoms with Crippen LogP contribution in [0.4, 0.5) is 0 Å². The van der Waals surface area contributed by atoms with E-state index < -0.39 is 58.7 Å². The SMILES string of the molecule is CN(C)[C@@H]1C(O)C(C(N)=O)C(=O)[C@@]2(O)C(=O)C3=C(O)c4c(O)ccc(-c5cnc6ccccc6c5)c4C[C@H]3C[C@@H]12. The number of para-hydroxylation sites is 1. The Kier molecular flexibility index (Phi) is 5.85. The van der Waals surface area contributed by atoms with Crippen LogP contribution in [0.1, 0.15) is 17.5 Å². The van der Waals surface area contributed by atoms with Crippen LogP contribution in [-0.2, 0) is 20.8 Å². The van der Waals surface area contributed by atoms with Crippen LogP contribution >= 0.6 is 0 Å². The number of benzene rings is 2. The number of rotatable bonds is 3. The average molecular weight is 544 g/mol. The van der Waals surface area contributed by atoms with Gasteiger partial charge in [0.25, 0.3) is 0 Å². The molecule has 0 saturated heterocycles. The first-order valence-corrected chi connectivity index (χ1v) is 13.1. The van der Waals surface area contributed by atoms with Gasteiger partial charge in [0.1, 0.15) is 17.4 Å². The zero-order valence-electron chi connectivity index (χ0n) is 21.9. The number of carbonyl (C=O) groups excluding carboxylic acids is 3. The molecule has 1 aromatic heterocycles. The van der Waals surface area contributed by atoms with Gasteiger partial charge >= 0.3 is 0 Å². The molecule has 0 radical (unpaired) electrons.